The van der Waals surface area contributed by atoms with Crippen LogP contribution in [0.2, 0.25) is 0 Å². The van der Waals surface area contributed by atoms with E-state index in [0.717, 1.165) is 38.5 Å². The second-order valence-electron chi connectivity index (χ2n) is 13.8. The first-order valence-electron chi connectivity index (χ1n) is 21.1. The van der Waals surface area contributed by atoms with Gasteiger partial charge in [-0.05, 0) is 77.0 Å². The Morgan fingerprint density at radius 3 is 1.87 bits per heavy atom. The third kappa shape index (κ3) is 38.3. The number of carbonyl (C=O) groups is 3. The van der Waals surface area contributed by atoms with E-state index in [9.17, 15) is 34.1 Å². The first kappa shape index (κ1) is 56.1. The number of carboxylic acids is 1. The first-order valence-corrected chi connectivity index (χ1v) is 22.6. The number of unbranched alkanes of at least 4 members (excludes halogenated alkanes) is 6. The SMILES string of the molecule is CC/C=C\C[C@@H](O)/C=C/C=C\C/C=C\C=C\[C@@H](O)/C=C\CCCC(=O)OC[C@H](COP(=O)(O)OC[C@H](N)C(=O)O)OC(=O)CCCC/C=C\C/C=C\C/C=C\CCCCC. The van der Waals surface area contributed by atoms with Crippen LogP contribution in [-0.2, 0) is 37.5 Å². The van der Waals surface area contributed by atoms with E-state index in [1.807, 2.05) is 49.5 Å². The number of ether oxygens (including phenoxy) is 2. The lowest BCUT2D eigenvalue weighted by molar-refractivity contribution is -0.161. The van der Waals surface area contributed by atoms with Gasteiger partial charge in [-0.1, -0.05) is 136 Å². The van der Waals surface area contributed by atoms with Crippen LogP contribution in [0, 0.1) is 0 Å². The predicted octanol–water partition coefficient (Wildman–Crippen LogP) is 9.00. The molecular weight excluding hydrogens is 789 g/mol. The lowest BCUT2D eigenvalue weighted by atomic mass is 10.1. The van der Waals surface area contributed by atoms with Gasteiger partial charge in [-0.2, -0.15) is 0 Å². The highest BCUT2D eigenvalue weighted by molar-refractivity contribution is 7.47. The third-order valence-corrected chi connectivity index (χ3v) is 9.13. The fourth-order valence-corrected chi connectivity index (χ4v) is 5.59. The number of esters is 2. The van der Waals surface area contributed by atoms with Crippen LogP contribution >= 0.6 is 7.82 Å². The summed E-state index contributed by atoms with van der Waals surface area (Å²) in [7, 11) is -4.78. The van der Waals surface area contributed by atoms with Gasteiger partial charge in [0.1, 0.15) is 12.6 Å². The molecule has 14 heteroatoms. The molecule has 0 amide bonds. The lowest BCUT2D eigenvalue weighted by Crippen LogP contribution is -2.34. The van der Waals surface area contributed by atoms with Gasteiger partial charge in [0, 0.05) is 12.8 Å². The van der Waals surface area contributed by atoms with Crippen molar-refractivity contribution in [1.29, 1.82) is 0 Å². The van der Waals surface area contributed by atoms with Crippen LogP contribution in [0.5, 0.6) is 0 Å². The zero-order chi connectivity index (χ0) is 44.5. The summed E-state index contributed by atoms with van der Waals surface area (Å²) in [5, 5.41) is 28.9. The third-order valence-electron chi connectivity index (χ3n) is 8.18. The van der Waals surface area contributed by atoms with Crippen molar-refractivity contribution in [1.82, 2.24) is 0 Å². The summed E-state index contributed by atoms with van der Waals surface area (Å²) in [6.45, 7) is 2.32. The zero-order valence-corrected chi connectivity index (χ0v) is 36.6. The maximum Gasteiger partial charge on any atom is 0.472 e. The fourth-order valence-electron chi connectivity index (χ4n) is 4.81. The normalized spacial score (nSPS) is 15.8. The van der Waals surface area contributed by atoms with E-state index in [1.165, 1.54) is 19.3 Å². The average molecular weight is 862 g/mol. The number of phosphoric acid groups is 1. The van der Waals surface area contributed by atoms with Crippen LogP contribution in [-0.4, -0.2) is 82.3 Å². The molecule has 0 aliphatic rings. The van der Waals surface area contributed by atoms with E-state index in [0.29, 0.717) is 32.1 Å². The van der Waals surface area contributed by atoms with Gasteiger partial charge in [0.15, 0.2) is 6.10 Å². The number of nitrogens with two attached hydrogens (primary N) is 1. The summed E-state index contributed by atoms with van der Waals surface area (Å²) in [5.41, 5.74) is 5.31. The molecule has 0 bridgehead atoms. The van der Waals surface area contributed by atoms with Crippen LogP contribution in [0.25, 0.3) is 0 Å². The number of phosphoric ester groups is 1. The molecule has 0 heterocycles. The van der Waals surface area contributed by atoms with Crippen molar-refractivity contribution in [3.05, 3.63) is 109 Å². The summed E-state index contributed by atoms with van der Waals surface area (Å²) < 4.78 is 32.5. The van der Waals surface area contributed by atoms with Gasteiger partial charge in [0.05, 0.1) is 25.4 Å². The van der Waals surface area contributed by atoms with Crippen LogP contribution in [0.1, 0.15) is 117 Å². The number of carboxylic acid groups (broad SMARTS) is 1. The Morgan fingerprint density at radius 1 is 0.633 bits per heavy atom. The number of hydrogen-bond acceptors (Lipinski definition) is 11. The Morgan fingerprint density at radius 2 is 1.22 bits per heavy atom. The molecule has 0 aliphatic carbocycles. The van der Waals surface area contributed by atoms with E-state index in [-0.39, 0.29) is 12.8 Å². The number of aliphatic hydroxyl groups excluding tert-OH is 2. The summed E-state index contributed by atoms with van der Waals surface area (Å²) >= 11 is 0. The number of carbonyl (C=O) groups excluding carboxylic acids is 2. The second-order valence-corrected chi connectivity index (χ2v) is 15.2. The number of allylic oxidation sites excluding steroid dienone is 14. The molecule has 0 rings (SSSR count). The maximum absolute atomic E-state index is 12.6. The molecule has 5 atom stereocenters. The molecule has 0 aromatic carbocycles. The van der Waals surface area contributed by atoms with E-state index in [2.05, 4.69) is 47.9 Å². The maximum atomic E-state index is 12.6. The average Bonchev–Trinajstić information content (AvgIpc) is 3.21. The minimum atomic E-state index is -4.78. The Labute approximate surface area is 358 Å². The van der Waals surface area contributed by atoms with Crippen molar-refractivity contribution in [2.24, 2.45) is 5.73 Å². The van der Waals surface area contributed by atoms with E-state index in [1.54, 1.807) is 30.4 Å². The van der Waals surface area contributed by atoms with Gasteiger partial charge in [0.2, 0.25) is 0 Å². The Kier molecular flexibility index (Phi) is 36.6. The van der Waals surface area contributed by atoms with E-state index >= 15 is 0 Å². The molecule has 0 aliphatic heterocycles. The molecule has 338 valence electrons. The predicted molar refractivity (Wildman–Crippen MR) is 238 cm³/mol. The quantitative estimate of drug-likeness (QED) is 0.0130. The summed E-state index contributed by atoms with van der Waals surface area (Å²) in [6, 6.07) is -1.56. The molecule has 1 unspecified atom stereocenters. The lowest BCUT2D eigenvalue weighted by Gasteiger charge is -2.20. The topological polar surface area (TPSA) is 212 Å². The molecule has 0 radical (unpaired) electrons. The fraction of sp³-hybridized carbons (Fsp3) is 0.543. The summed E-state index contributed by atoms with van der Waals surface area (Å²) in [5.74, 6) is -2.66. The highest BCUT2D eigenvalue weighted by atomic mass is 31.2. The van der Waals surface area contributed by atoms with Crippen molar-refractivity contribution in [2.75, 3.05) is 19.8 Å². The van der Waals surface area contributed by atoms with Crippen LogP contribution < -0.4 is 5.73 Å². The highest BCUT2D eigenvalue weighted by Crippen LogP contribution is 2.43. The van der Waals surface area contributed by atoms with Crippen LogP contribution in [0.3, 0.4) is 0 Å². The molecule has 6 N–H and O–H groups in total. The van der Waals surface area contributed by atoms with Gasteiger partial charge in [-0.3, -0.25) is 23.4 Å². The highest BCUT2D eigenvalue weighted by Gasteiger charge is 2.28. The molecule has 0 fully saturated rings. The van der Waals surface area contributed by atoms with Gasteiger partial charge in [0.25, 0.3) is 0 Å². The molecule has 0 spiro atoms. The van der Waals surface area contributed by atoms with Gasteiger partial charge in [-0.15, -0.1) is 0 Å². The van der Waals surface area contributed by atoms with Gasteiger partial charge >= 0.3 is 25.7 Å². The zero-order valence-electron chi connectivity index (χ0n) is 35.7. The van der Waals surface area contributed by atoms with Crippen molar-refractivity contribution in [2.45, 2.75) is 141 Å². The number of aliphatic carboxylic acids is 1. The van der Waals surface area contributed by atoms with Crippen LogP contribution in [0.4, 0.5) is 0 Å². The smallest absolute Gasteiger partial charge is 0.472 e. The molecule has 13 nitrogen and oxygen atoms in total. The molecule has 0 aromatic heterocycles. The van der Waals surface area contributed by atoms with Gasteiger partial charge in [-0.25, -0.2) is 4.57 Å². The largest absolute Gasteiger partial charge is 0.480 e. The summed E-state index contributed by atoms with van der Waals surface area (Å²) in [6.07, 6.45) is 43.8. The van der Waals surface area contributed by atoms with E-state index in [4.69, 9.17) is 24.8 Å². The molecule has 60 heavy (non-hydrogen) atoms. The summed E-state index contributed by atoms with van der Waals surface area (Å²) in [4.78, 5) is 45.9. The molecule has 0 saturated heterocycles. The number of aliphatic hydroxyl groups is 2. The second kappa shape index (κ2) is 39.2. The monoisotopic (exact) mass is 861 g/mol. The number of hydrogen-bond donors (Lipinski definition) is 5. The van der Waals surface area contributed by atoms with E-state index < -0.39 is 69.9 Å². The van der Waals surface area contributed by atoms with Crippen molar-refractivity contribution >= 4 is 25.7 Å². The molecular formula is C46H72NO12P. The molecule has 0 aromatic rings. The minimum Gasteiger partial charge on any atom is -0.480 e. The standard InChI is InChI=1S/C46H72NO12P/c1-3-5-7-8-9-10-11-12-13-14-15-16-20-23-29-36-45(51)59-42(38-57-60(54,55)58-39-43(47)46(52)53)37-56-44(50)35-30-24-28-34-41(49)33-27-22-19-17-18-21-26-32-40(48)31-25-6-4-2/h6,9-10,12-13,15-16,18-19,21-22,25-28,32-34,40-43,48-49H,3-5,7-8,11,14,17,20,23-24,29-31,35-39,47H2,1-2H3,(H,52,53)(H,54,55)/b10-9-,13-12-,16-15-,21-18-,22-19-,25-6-,32-26+,33-27+,34-28-/t40-,41-,42-,43+/m1/s1. The Balaban J connectivity index is 4.71. The van der Waals surface area contributed by atoms with Crippen LogP contribution in [0.15, 0.2) is 109 Å². The number of rotatable bonds is 37. The Hall–Kier alpha value is -3.94. The van der Waals surface area contributed by atoms with Crippen molar-refractivity contribution in [3.63, 3.8) is 0 Å². The Bertz CT molecular complexity index is 1460. The van der Waals surface area contributed by atoms with Crippen molar-refractivity contribution in [3.8, 4) is 0 Å². The van der Waals surface area contributed by atoms with Crippen molar-refractivity contribution < 1.29 is 57.7 Å². The molecule has 0 saturated carbocycles. The van der Waals surface area contributed by atoms with Gasteiger partial charge < -0.3 is 35.4 Å². The minimum absolute atomic E-state index is 0.0201. The first-order chi connectivity index (χ1) is 28.9.